The first-order valence-corrected chi connectivity index (χ1v) is 2.64. The largest absolute Gasteiger partial charge is 0.616 e. The Balaban J connectivity index is 2.80. The Morgan fingerprint density at radius 1 is 1.60 bits per heavy atom. The monoisotopic (exact) mass is 137 g/mol. The smallest absolute Gasteiger partial charge is 0.346 e. The van der Waals surface area contributed by atoms with Crippen LogP contribution in [0.2, 0.25) is 0 Å². The summed E-state index contributed by atoms with van der Waals surface area (Å²) < 4.78 is 5.21. The highest BCUT2D eigenvalue weighted by Gasteiger charge is 2.14. The van der Waals surface area contributed by atoms with E-state index in [1.165, 1.54) is 12.5 Å². The van der Waals surface area contributed by atoms with Crippen LogP contribution in [0.25, 0.3) is 11.4 Å². The molecule has 0 bridgehead atoms. The third-order valence-corrected chi connectivity index (χ3v) is 1.18. The molecule has 2 rings (SSSR count). The van der Waals surface area contributed by atoms with E-state index in [-0.39, 0.29) is 0 Å². The molecule has 0 saturated carbocycles. The summed E-state index contributed by atoms with van der Waals surface area (Å²) in [5.74, 6) is 0. The fraction of sp³-hybridized carbons (Fsp3) is 0. The molecule has 0 spiro atoms. The van der Waals surface area contributed by atoms with Gasteiger partial charge < -0.3 is 9.62 Å². The van der Waals surface area contributed by atoms with Gasteiger partial charge in [-0.25, -0.2) is 0 Å². The van der Waals surface area contributed by atoms with Gasteiger partial charge in [0, 0.05) is 0 Å². The van der Waals surface area contributed by atoms with Crippen molar-refractivity contribution >= 4 is 0 Å². The van der Waals surface area contributed by atoms with Gasteiger partial charge in [0.25, 0.3) is 5.69 Å². The molecule has 5 nitrogen and oxygen atoms in total. The summed E-state index contributed by atoms with van der Waals surface area (Å²) in [7, 11) is 0. The van der Waals surface area contributed by atoms with E-state index in [0.717, 1.165) is 6.39 Å². The first kappa shape index (κ1) is 5.16. The minimum Gasteiger partial charge on any atom is -0.616 e. The third-order valence-electron chi connectivity index (χ3n) is 1.18. The minimum atomic E-state index is 0.422. The van der Waals surface area contributed by atoms with Crippen LogP contribution < -0.4 is 4.73 Å². The number of fused-ring (bicyclic) bond motifs is 1. The van der Waals surface area contributed by atoms with Crippen molar-refractivity contribution in [2.75, 3.05) is 0 Å². The van der Waals surface area contributed by atoms with Gasteiger partial charge in [-0.05, 0) is 0 Å². The Kier molecular flexibility index (Phi) is 0.858. The van der Waals surface area contributed by atoms with Crippen LogP contribution in [-0.4, -0.2) is 10.2 Å². The molecule has 5 heteroatoms. The molecule has 0 amide bonds. The highest BCUT2D eigenvalue weighted by Crippen LogP contribution is 2.10. The molecule has 2 heterocycles. The Bertz CT molecular complexity index is 319. The van der Waals surface area contributed by atoms with Crippen molar-refractivity contribution in [1.29, 1.82) is 0 Å². The summed E-state index contributed by atoms with van der Waals surface area (Å²) in [6.07, 6.45) is 3.81. The number of rotatable bonds is 0. The van der Waals surface area contributed by atoms with E-state index in [4.69, 9.17) is 0 Å². The molecule has 0 atom stereocenters. The van der Waals surface area contributed by atoms with Crippen LogP contribution in [0.15, 0.2) is 23.3 Å². The number of nitrogens with zero attached hydrogens (tertiary/aromatic N) is 3. The maximum Gasteiger partial charge on any atom is 0.346 e. The van der Waals surface area contributed by atoms with Crippen LogP contribution in [0.5, 0.6) is 0 Å². The van der Waals surface area contributed by atoms with Crippen molar-refractivity contribution in [3.8, 4) is 11.4 Å². The van der Waals surface area contributed by atoms with Crippen LogP contribution in [0.3, 0.4) is 0 Å². The van der Waals surface area contributed by atoms with Gasteiger partial charge in [-0.1, -0.05) is 0 Å². The highest BCUT2D eigenvalue weighted by molar-refractivity contribution is 5.46. The molecular weight excluding hydrogens is 134 g/mol. The van der Waals surface area contributed by atoms with Gasteiger partial charge in [-0.2, -0.15) is 5.10 Å². The average Bonchev–Trinajstić information content (AvgIpc) is 2.36. The van der Waals surface area contributed by atoms with Gasteiger partial charge in [0.2, 0.25) is 0 Å². The van der Waals surface area contributed by atoms with Crippen molar-refractivity contribution in [3.05, 3.63) is 24.1 Å². The lowest BCUT2D eigenvalue weighted by Crippen LogP contribution is -2.27. The van der Waals surface area contributed by atoms with E-state index < -0.39 is 0 Å². The van der Waals surface area contributed by atoms with E-state index >= 15 is 0 Å². The van der Waals surface area contributed by atoms with Crippen LogP contribution in [-0.2, 0) is 0 Å². The van der Waals surface area contributed by atoms with Gasteiger partial charge in [-0.15, -0.1) is 9.83 Å². The minimum absolute atomic E-state index is 0.422. The maximum atomic E-state index is 10.8. The van der Waals surface area contributed by atoms with Crippen LogP contribution in [0.4, 0.5) is 0 Å². The van der Waals surface area contributed by atoms with Gasteiger partial charge in [-0.3, -0.25) is 0 Å². The molecule has 0 radical (unpaired) electrons. The van der Waals surface area contributed by atoms with E-state index in [1.807, 2.05) is 0 Å². The molecule has 0 aliphatic carbocycles. The van der Waals surface area contributed by atoms with Gasteiger partial charge in [0.05, 0.1) is 0 Å². The summed E-state index contributed by atoms with van der Waals surface area (Å²) in [6.45, 7) is 0. The Morgan fingerprint density at radius 3 is 3.30 bits per heavy atom. The van der Waals surface area contributed by atoms with Gasteiger partial charge in [0.1, 0.15) is 12.5 Å². The summed E-state index contributed by atoms with van der Waals surface area (Å²) in [6, 6.07) is 0. The predicted molar refractivity (Wildman–Crippen MR) is 29.9 cm³/mol. The predicted octanol–water partition coefficient (Wildman–Crippen LogP) is -0.192. The van der Waals surface area contributed by atoms with Gasteiger partial charge in [0.15, 0.2) is 5.69 Å². The molecule has 0 unspecified atom stereocenters. The summed E-state index contributed by atoms with van der Waals surface area (Å²) in [5, 5.41) is 17.9. The second-order valence-corrected chi connectivity index (χ2v) is 1.80. The van der Waals surface area contributed by atoms with Crippen LogP contribution in [0, 0.1) is 5.21 Å². The van der Waals surface area contributed by atoms with Crippen molar-refractivity contribution < 1.29 is 9.15 Å². The number of hydrogen-bond acceptors (Lipinski definition) is 4. The quantitative estimate of drug-likeness (QED) is 0.372. The van der Waals surface area contributed by atoms with Crippen molar-refractivity contribution in [3.63, 3.8) is 0 Å². The standard InChI is InChI=1S/C5H3N3O2/c9-8-3-10-2-4-5(8)1-6-7-4/h1-3H. The molecule has 0 aromatic carbocycles. The fourth-order valence-corrected chi connectivity index (χ4v) is 0.724. The molecule has 2 aliphatic rings. The second-order valence-electron chi connectivity index (χ2n) is 1.80. The third kappa shape index (κ3) is 0.540. The molecule has 10 heavy (non-hydrogen) atoms. The van der Waals surface area contributed by atoms with Crippen molar-refractivity contribution in [2.24, 2.45) is 0 Å². The normalized spacial score (nSPS) is 10.4. The zero-order chi connectivity index (χ0) is 6.97. The van der Waals surface area contributed by atoms with Crippen LogP contribution in [0.1, 0.15) is 0 Å². The van der Waals surface area contributed by atoms with E-state index in [1.54, 1.807) is 0 Å². The Labute approximate surface area is 55.8 Å². The molecule has 50 valence electrons. The van der Waals surface area contributed by atoms with Gasteiger partial charge >= 0.3 is 6.39 Å². The zero-order valence-corrected chi connectivity index (χ0v) is 4.89. The highest BCUT2D eigenvalue weighted by atomic mass is 16.5. The molecule has 0 fully saturated rings. The number of hydrogen-bond donors (Lipinski definition) is 0. The first-order valence-electron chi connectivity index (χ1n) is 2.64. The molecule has 2 aliphatic heterocycles. The molecular formula is C5H3N3O2. The molecule has 0 aromatic rings. The Morgan fingerprint density at radius 2 is 2.50 bits per heavy atom. The summed E-state index contributed by atoms with van der Waals surface area (Å²) in [4.78, 5) is 0. The van der Waals surface area contributed by atoms with E-state index in [0.29, 0.717) is 16.1 Å². The molecule has 0 N–H and O–H groups in total. The van der Waals surface area contributed by atoms with E-state index in [9.17, 15) is 5.21 Å². The van der Waals surface area contributed by atoms with Crippen molar-refractivity contribution in [2.45, 2.75) is 0 Å². The number of aromatic nitrogens is 3. The molecule has 0 saturated heterocycles. The van der Waals surface area contributed by atoms with E-state index in [2.05, 4.69) is 14.6 Å². The zero-order valence-electron chi connectivity index (χ0n) is 4.89. The fourth-order valence-electron chi connectivity index (χ4n) is 0.724. The first-order chi connectivity index (χ1) is 4.88. The lowest BCUT2D eigenvalue weighted by atomic mass is 10.4. The summed E-state index contributed by atoms with van der Waals surface area (Å²) >= 11 is 0. The lowest BCUT2D eigenvalue weighted by Gasteiger charge is -1.95. The second kappa shape index (κ2) is 1.66. The van der Waals surface area contributed by atoms with Crippen LogP contribution >= 0.6 is 0 Å². The topological polar surface area (TPSA) is 65.9 Å². The average molecular weight is 137 g/mol. The SMILES string of the molecule is [O-][n+]1cocc2nncc1-2. The maximum absolute atomic E-state index is 10.8. The van der Waals surface area contributed by atoms with Crippen molar-refractivity contribution in [1.82, 2.24) is 10.2 Å². The summed E-state index contributed by atoms with van der Waals surface area (Å²) in [5.41, 5.74) is 0.892. The molecule has 0 aromatic heterocycles. The lowest BCUT2D eigenvalue weighted by molar-refractivity contribution is -0.606. The Hall–Kier alpha value is -1.65.